The largest absolute Gasteiger partial charge is 0.478 e. The van der Waals surface area contributed by atoms with Gasteiger partial charge in [0.1, 0.15) is 5.82 Å². The number of hydrogen-bond acceptors (Lipinski definition) is 3. The monoisotopic (exact) mass is 281 g/mol. The van der Waals surface area contributed by atoms with Gasteiger partial charge >= 0.3 is 5.97 Å². The molecule has 0 aromatic heterocycles. The molecule has 108 valence electrons. The van der Waals surface area contributed by atoms with E-state index in [4.69, 9.17) is 9.84 Å². The summed E-state index contributed by atoms with van der Waals surface area (Å²) in [7, 11) is 0. The van der Waals surface area contributed by atoms with Crippen molar-refractivity contribution in [1.82, 2.24) is 0 Å². The van der Waals surface area contributed by atoms with Crippen LogP contribution in [0.2, 0.25) is 0 Å². The Kier molecular flexibility index (Phi) is 6.39. The van der Waals surface area contributed by atoms with Gasteiger partial charge in [0.2, 0.25) is 5.91 Å². The molecule has 1 amide bonds. The fourth-order valence-corrected chi connectivity index (χ4v) is 1.43. The molecule has 0 atom stereocenters. The average molecular weight is 281 g/mol. The molecule has 0 saturated carbocycles. The molecule has 0 bridgehead atoms. The number of carboxylic acids is 1. The summed E-state index contributed by atoms with van der Waals surface area (Å²) in [5, 5.41) is 11.0. The van der Waals surface area contributed by atoms with Crippen molar-refractivity contribution >= 4 is 23.6 Å². The van der Waals surface area contributed by atoms with Crippen molar-refractivity contribution in [2.75, 3.05) is 18.5 Å². The number of carboxylic acid groups (broad SMARTS) is 1. The van der Waals surface area contributed by atoms with Crippen LogP contribution in [0.4, 0.5) is 10.1 Å². The summed E-state index contributed by atoms with van der Waals surface area (Å²) in [6.07, 6.45) is 2.19. The van der Waals surface area contributed by atoms with Crippen LogP contribution >= 0.6 is 0 Å². The van der Waals surface area contributed by atoms with E-state index in [1.807, 2.05) is 6.92 Å². The minimum Gasteiger partial charge on any atom is -0.478 e. The molecule has 0 radical (unpaired) electrons. The first-order valence-electron chi connectivity index (χ1n) is 6.11. The van der Waals surface area contributed by atoms with Crippen molar-refractivity contribution in [1.29, 1.82) is 0 Å². The van der Waals surface area contributed by atoms with Gasteiger partial charge in [-0.2, -0.15) is 0 Å². The summed E-state index contributed by atoms with van der Waals surface area (Å²) in [6.45, 7) is 2.67. The van der Waals surface area contributed by atoms with Gasteiger partial charge in [-0.05, 0) is 31.2 Å². The van der Waals surface area contributed by atoms with E-state index in [2.05, 4.69) is 5.32 Å². The highest BCUT2D eigenvalue weighted by Gasteiger charge is 2.05. The number of rotatable bonds is 7. The molecule has 0 heterocycles. The Labute approximate surface area is 116 Å². The molecule has 0 saturated heterocycles. The van der Waals surface area contributed by atoms with Gasteiger partial charge in [-0.1, -0.05) is 0 Å². The van der Waals surface area contributed by atoms with Crippen LogP contribution in [0.1, 0.15) is 18.9 Å². The zero-order chi connectivity index (χ0) is 15.0. The molecule has 0 fully saturated rings. The lowest BCUT2D eigenvalue weighted by atomic mass is 10.1. The second-order valence-electron chi connectivity index (χ2n) is 3.90. The molecule has 2 N–H and O–H groups in total. The molecule has 0 unspecified atom stereocenters. The number of aliphatic carboxylic acids is 1. The Balaban J connectivity index is 2.63. The Bertz CT molecular complexity index is 514. The van der Waals surface area contributed by atoms with E-state index in [1.165, 1.54) is 12.1 Å². The van der Waals surface area contributed by atoms with Gasteiger partial charge in [-0.25, -0.2) is 9.18 Å². The molecular formula is C14H16FNO4. The highest BCUT2D eigenvalue weighted by molar-refractivity contribution is 5.91. The number of nitrogens with one attached hydrogen (secondary N) is 1. The maximum atomic E-state index is 13.6. The quantitative estimate of drug-likeness (QED) is 0.594. The highest BCUT2D eigenvalue weighted by Crippen LogP contribution is 2.16. The third-order valence-electron chi connectivity index (χ3n) is 2.37. The SMILES string of the molecule is CCOCCC(=O)Nc1ccc(C=CC(=O)O)c(F)c1. The van der Waals surface area contributed by atoms with E-state index < -0.39 is 11.8 Å². The van der Waals surface area contributed by atoms with Crippen LogP contribution in [0.5, 0.6) is 0 Å². The first kappa shape index (κ1) is 15.8. The van der Waals surface area contributed by atoms with Crippen molar-refractivity contribution in [2.24, 2.45) is 0 Å². The van der Waals surface area contributed by atoms with Gasteiger partial charge in [0.15, 0.2) is 0 Å². The van der Waals surface area contributed by atoms with Crippen LogP contribution in [0.25, 0.3) is 6.08 Å². The van der Waals surface area contributed by atoms with Crippen molar-refractivity contribution in [3.8, 4) is 0 Å². The van der Waals surface area contributed by atoms with E-state index >= 15 is 0 Å². The van der Waals surface area contributed by atoms with Gasteiger partial charge in [0, 0.05) is 23.9 Å². The number of halogens is 1. The Morgan fingerprint density at radius 2 is 2.20 bits per heavy atom. The molecule has 0 aliphatic heterocycles. The van der Waals surface area contributed by atoms with Crippen LogP contribution < -0.4 is 5.32 Å². The van der Waals surface area contributed by atoms with E-state index in [-0.39, 0.29) is 17.9 Å². The molecule has 1 aromatic rings. The van der Waals surface area contributed by atoms with Crippen molar-refractivity contribution < 1.29 is 23.8 Å². The van der Waals surface area contributed by atoms with E-state index in [0.717, 1.165) is 18.2 Å². The number of amides is 1. The molecule has 20 heavy (non-hydrogen) atoms. The molecule has 5 nitrogen and oxygen atoms in total. The first-order valence-corrected chi connectivity index (χ1v) is 6.11. The topological polar surface area (TPSA) is 75.6 Å². The number of carbonyl (C=O) groups excluding carboxylic acids is 1. The number of benzene rings is 1. The fraction of sp³-hybridized carbons (Fsp3) is 0.286. The zero-order valence-corrected chi connectivity index (χ0v) is 11.1. The standard InChI is InChI=1S/C14H16FNO4/c1-2-20-8-7-13(17)16-11-5-3-10(12(15)9-11)4-6-14(18)19/h3-6,9H,2,7-8H2,1H3,(H,16,17)(H,18,19). The second kappa shape index (κ2) is 8.06. The van der Waals surface area contributed by atoms with Crippen molar-refractivity contribution in [2.45, 2.75) is 13.3 Å². The Hall–Kier alpha value is -2.21. The third kappa shape index (κ3) is 5.62. The van der Waals surface area contributed by atoms with Gasteiger partial charge in [-0.3, -0.25) is 4.79 Å². The van der Waals surface area contributed by atoms with E-state index in [9.17, 15) is 14.0 Å². The summed E-state index contributed by atoms with van der Waals surface area (Å²) < 4.78 is 18.7. The molecule has 1 rings (SSSR count). The number of anilines is 1. The Morgan fingerprint density at radius 3 is 2.80 bits per heavy atom. The van der Waals surface area contributed by atoms with Crippen LogP contribution in [-0.2, 0) is 14.3 Å². The summed E-state index contributed by atoms with van der Waals surface area (Å²) >= 11 is 0. The van der Waals surface area contributed by atoms with Gasteiger partial charge < -0.3 is 15.2 Å². The number of ether oxygens (including phenoxy) is 1. The van der Waals surface area contributed by atoms with E-state index in [1.54, 1.807) is 0 Å². The minimum absolute atomic E-state index is 0.139. The molecule has 0 aliphatic rings. The third-order valence-corrected chi connectivity index (χ3v) is 2.37. The summed E-state index contributed by atoms with van der Waals surface area (Å²) in [5.74, 6) is -2.03. The highest BCUT2D eigenvalue weighted by atomic mass is 19.1. The molecule has 1 aromatic carbocycles. The normalized spacial score (nSPS) is 10.7. The lowest BCUT2D eigenvalue weighted by Gasteiger charge is -2.06. The molecule has 0 aliphatic carbocycles. The summed E-state index contributed by atoms with van der Waals surface area (Å²) in [4.78, 5) is 21.8. The predicted octanol–water partition coefficient (Wildman–Crippen LogP) is 2.29. The van der Waals surface area contributed by atoms with E-state index in [0.29, 0.717) is 18.9 Å². The van der Waals surface area contributed by atoms with Gasteiger partial charge in [0.25, 0.3) is 0 Å². The Morgan fingerprint density at radius 1 is 1.45 bits per heavy atom. The summed E-state index contributed by atoms with van der Waals surface area (Å²) in [5.41, 5.74) is 0.455. The van der Waals surface area contributed by atoms with Crippen molar-refractivity contribution in [3.05, 3.63) is 35.7 Å². The number of hydrogen-bond donors (Lipinski definition) is 2. The van der Waals surface area contributed by atoms with Crippen molar-refractivity contribution in [3.63, 3.8) is 0 Å². The van der Waals surface area contributed by atoms with Crippen LogP contribution in [0.3, 0.4) is 0 Å². The van der Waals surface area contributed by atoms with Crippen LogP contribution in [0.15, 0.2) is 24.3 Å². The second-order valence-corrected chi connectivity index (χ2v) is 3.90. The molecule has 0 spiro atoms. The maximum Gasteiger partial charge on any atom is 0.328 e. The molecule has 6 heteroatoms. The van der Waals surface area contributed by atoms with Gasteiger partial charge in [0.05, 0.1) is 13.0 Å². The lowest BCUT2D eigenvalue weighted by Crippen LogP contribution is -2.14. The average Bonchev–Trinajstić information content (AvgIpc) is 2.38. The fourth-order valence-electron chi connectivity index (χ4n) is 1.43. The lowest BCUT2D eigenvalue weighted by molar-refractivity contribution is -0.131. The maximum absolute atomic E-state index is 13.6. The smallest absolute Gasteiger partial charge is 0.328 e. The minimum atomic E-state index is -1.15. The zero-order valence-electron chi connectivity index (χ0n) is 11.1. The van der Waals surface area contributed by atoms with Crippen LogP contribution in [0, 0.1) is 5.82 Å². The predicted molar refractivity (Wildman–Crippen MR) is 72.8 cm³/mol. The summed E-state index contributed by atoms with van der Waals surface area (Å²) in [6, 6.07) is 4.04. The molecular weight excluding hydrogens is 265 g/mol. The first-order chi connectivity index (χ1) is 9.52. The number of carbonyl (C=O) groups is 2. The van der Waals surface area contributed by atoms with Gasteiger partial charge in [-0.15, -0.1) is 0 Å². The van der Waals surface area contributed by atoms with Crippen LogP contribution in [-0.4, -0.2) is 30.2 Å².